The molecule has 0 amide bonds. The smallest absolute Gasteiger partial charge is 0.132 e. The summed E-state index contributed by atoms with van der Waals surface area (Å²) < 4.78 is 6.06. The molecule has 1 aliphatic heterocycles. The van der Waals surface area contributed by atoms with Crippen LogP contribution in [0, 0.1) is 5.41 Å². The number of nitrogen functional groups attached to an aromatic ring is 1. The van der Waals surface area contributed by atoms with Crippen LogP contribution in [0.5, 0.6) is 5.75 Å². The zero-order valence-electron chi connectivity index (χ0n) is 18.2. The number of hydrogen-bond acceptors (Lipinski definition) is 7. The maximum atomic E-state index is 8.75. The Morgan fingerprint density at radius 2 is 2.03 bits per heavy atom. The number of benzene rings is 1. The maximum Gasteiger partial charge on any atom is 0.132 e. The standard InChI is InChI=1S/C23H32N6O/c1-4-16-14-29(11-10-28(16)5-2)21-13-20(26-15-27-21)22(25)18-12-17(6-7-19(18)24)30-23(3)8-9-23/h6-7,12-13,15-16,25H,4-5,8-11,14,24H2,1-3H3/t16-/m1/s1. The molecule has 160 valence electrons. The predicted molar refractivity (Wildman–Crippen MR) is 121 cm³/mol. The van der Waals surface area contributed by atoms with Crippen LogP contribution in [-0.4, -0.2) is 58.4 Å². The third kappa shape index (κ3) is 4.26. The first-order valence-corrected chi connectivity index (χ1v) is 10.9. The van der Waals surface area contributed by atoms with Crippen molar-refractivity contribution in [3.63, 3.8) is 0 Å². The first kappa shape index (κ1) is 20.6. The maximum absolute atomic E-state index is 8.75. The molecule has 3 N–H and O–H groups in total. The topological polar surface area (TPSA) is 91.4 Å². The van der Waals surface area contributed by atoms with Crippen molar-refractivity contribution in [1.82, 2.24) is 14.9 Å². The lowest BCUT2D eigenvalue weighted by Gasteiger charge is -2.41. The van der Waals surface area contributed by atoms with Crippen molar-refractivity contribution in [1.29, 1.82) is 5.41 Å². The molecule has 0 radical (unpaired) electrons. The minimum absolute atomic E-state index is 0.0753. The van der Waals surface area contributed by atoms with Crippen LogP contribution in [0.15, 0.2) is 30.6 Å². The minimum Gasteiger partial charge on any atom is -0.488 e. The lowest BCUT2D eigenvalue weighted by molar-refractivity contribution is 0.181. The Bertz CT molecular complexity index is 926. The molecule has 7 nitrogen and oxygen atoms in total. The highest BCUT2D eigenvalue weighted by molar-refractivity contribution is 6.13. The summed E-state index contributed by atoms with van der Waals surface area (Å²) in [5.74, 6) is 1.62. The Balaban J connectivity index is 1.55. The van der Waals surface area contributed by atoms with E-state index < -0.39 is 0 Å². The number of rotatable bonds is 7. The summed E-state index contributed by atoms with van der Waals surface area (Å²) in [4.78, 5) is 13.7. The van der Waals surface area contributed by atoms with Crippen molar-refractivity contribution < 1.29 is 4.74 Å². The largest absolute Gasteiger partial charge is 0.488 e. The van der Waals surface area contributed by atoms with Crippen LogP contribution in [0.25, 0.3) is 0 Å². The molecule has 0 spiro atoms. The fourth-order valence-corrected chi connectivity index (χ4v) is 4.08. The van der Waals surface area contributed by atoms with E-state index in [0.29, 0.717) is 28.7 Å². The van der Waals surface area contributed by atoms with Crippen molar-refractivity contribution >= 4 is 17.2 Å². The lowest BCUT2D eigenvalue weighted by Crippen LogP contribution is -2.53. The second-order valence-corrected chi connectivity index (χ2v) is 8.57. The van der Waals surface area contributed by atoms with Crippen LogP contribution < -0.4 is 15.4 Å². The summed E-state index contributed by atoms with van der Waals surface area (Å²) in [6.45, 7) is 10.5. The van der Waals surface area contributed by atoms with E-state index in [1.54, 1.807) is 6.33 Å². The van der Waals surface area contributed by atoms with Crippen LogP contribution in [0.3, 0.4) is 0 Å². The molecule has 1 saturated heterocycles. The molecule has 0 bridgehead atoms. The number of piperazine rings is 1. The minimum atomic E-state index is -0.0753. The number of nitrogens with zero attached hydrogens (tertiary/aromatic N) is 4. The Kier molecular flexibility index (Phi) is 5.64. The molecule has 2 aromatic rings. The van der Waals surface area contributed by atoms with E-state index in [9.17, 15) is 0 Å². The van der Waals surface area contributed by atoms with Gasteiger partial charge >= 0.3 is 0 Å². The summed E-state index contributed by atoms with van der Waals surface area (Å²) in [7, 11) is 0. The third-order valence-electron chi connectivity index (χ3n) is 6.33. The highest BCUT2D eigenvalue weighted by atomic mass is 16.5. The predicted octanol–water partition coefficient (Wildman–Crippen LogP) is 3.33. The van der Waals surface area contributed by atoms with Crippen LogP contribution in [0.1, 0.15) is 51.3 Å². The fourth-order valence-electron chi connectivity index (χ4n) is 4.08. The van der Waals surface area contributed by atoms with E-state index in [4.69, 9.17) is 15.9 Å². The van der Waals surface area contributed by atoms with Crippen molar-refractivity contribution in [2.45, 2.75) is 51.7 Å². The van der Waals surface area contributed by atoms with Gasteiger partial charge in [0.15, 0.2) is 0 Å². The summed E-state index contributed by atoms with van der Waals surface area (Å²) >= 11 is 0. The molecule has 1 aromatic carbocycles. The van der Waals surface area contributed by atoms with Gasteiger partial charge in [-0.2, -0.15) is 0 Å². The summed E-state index contributed by atoms with van der Waals surface area (Å²) in [5, 5.41) is 8.75. The molecular weight excluding hydrogens is 376 g/mol. The Hall–Kier alpha value is -2.67. The average molecular weight is 409 g/mol. The van der Waals surface area contributed by atoms with E-state index in [1.807, 2.05) is 24.3 Å². The van der Waals surface area contributed by atoms with E-state index >= 15 is 0 Å². The number of anilines is 2. The van der Waals surface area contributed by atoms with Gasteiger partial charge in [0.05, 0.1) is 11.4 Å². The molecule has 2 fully saturated rings. The van der Waals surface area contributed by atoms with Gasteiger partial charge in [-0.25, -0.2) is 9.97 Å². The number of aromatic nitrogens is 2. The van der Waals surface area contributed by atoms with Gasteiger partial charge in [0.25, 0.3) is 0 Å². The SMILES string of the molecule is CC[C@@H]1CN(c2cc(C(=N)c3cc(OC4(C)CC4)ccc3N)ncn2)CCN1CC. The van der Waals surface area contributed by atoms with E-state index in [0.717, 1.165) is 57.0 Å². The molecule has 1 aliphatic carbocycles. The molecule has 7 heteroatoms. The van der Waals surface area contributed by atoms with Gasteiger partial charge in [-0.15, -0.1) is 0 Å². The van der Waals surface area contributed by atoms with Gasteiger partial charge in [0.1, 0.15) is 23.5 Å². The van der Waals surface area contributed by atoms with E-state index in [-0.39, 0.29) is 5.60 Å². The third-order valence-corrected chi connectivity index (χ3v) is 6.33. The van der Waals surface area contributed by atoms with Crippen LogP contribution in [0.4, 0.5) is 11.5 Å². The molecule has 1 aromatic heterocycles. The quantitative estimate of drug-likeness (QED) is 0.539. The number of hydrogen-bond donors (Lipinski definition) is 2. The Morgan fingerprint density at radius 1 is 1.23 bits per heavy atom. The normalized spacial score (nSPS) is 20.8. The Labute approximate surface area is 178 Å². The zero-order chi connectivity index (χ0) is 21.3. The van der Waals surface area contributed by atoms with E-state index in [1.165, 1.54) is 0 Å². The van der Waals surface area contributed by atoms with Gasteiger partial charge in [-0.05, 0) is 50.9 Å². The van der Waals surface area contributed by atoms with Gasteiger partial charge in [-0.1, -0.05) is 13.8 Å². The molecule has 2 heterocycles. The summed E-state index contributed by atoms with van der Waals surface area (Å²) in [6, 6.07) is 7.97. The van der Waals surface area contributed by atoms with Crippen molar-refractivity contribution in [3.05, 3.63) is 41.9 Å². The summed E-state index contributed by atoms with van der Waals surface area (Å²) in [5.41, 5.74) is 8.19. The number of nitrogens with two attached hydrogens (primary N) is 1. The molecule has 1 atom stereocenters. The van der Waals surface area contributed by atoms with Crippen LogP contribution in [-0.2, 0) is 0 Å². The fraction of sp³-hybridized carbons (Fsp3) is 0.522. The van der Waals surface area contributed by atoms with Crippen molar-refractivity contribution in [2.75, 3.05) is 36.8 Å². The lowest BCUT2D eigenvalue weighted by atomic mass is 10.0. The molecule has 0 unspecified atom stereocenters. The van der Waals surface area contributed by atoms with Gasteiger partial charge in [-0.3, -0.25) is 10.3 Å². The number of likely N-dealkylation sites (N-methyl/N-ethyl adjacent to an activating group) is 1. The van der Waals surface area contributed by atoms with Crippen molar-refractivity contribution in [2.24, 2.45) is 0 Å². The van der Waals surface area contributed by atoms with Crippen LogP contribution in [0.2, 0.25) is 0 Å². The molecule has 1 saturated carbocycles. The van der Waals surface area contributed by atoms with Gasteiger partial charge in [0, 0.05) is 43.0 Å². The first-order chi connectivity index (χ1) is 14.4. The van der Waals surface area contributed by atoms with Crippen LogP contribution >= 0.6 is 0 Å². The summed E-state index contributed by atoms with van der Waals surface area (Å²) in [6.07, 6.45) is 4.78. The molecule has 2 aliphatic rings. The van der Waals surface area contributed by atoms with Crippen molar-refractivity contribution in [3.8, 4) is 5.75 Å². The zero-order valence-corrected chi connectivity index (χ0v) is 18.2. The molecule has 4 rings (SSSR count). The first-order valence-electron chi connectivity index (χ1n) is 10.9. The van der Waals surface area contributed by atoms with E-state index in [2.05, 4.69) is 40.5 Å². The molecular formula is C23H32N6O. The number of ether oxygens (including phenoxy) is 1. The highest BCUT2D eigenvalue weighted by Crippen LogP contribution is 2.40. The second kappa shape index (κ2) is 8.22. The second-order valence-electron chi connectivity index (χ2n) is 8.57. The monoisotopic (exact) mass is 408 g/mol. The number of nitrogens with one attached hydrogen (secondary N) is 1. The van der Waals surface area contributed by atoms with Gasteiger partial charge < -0.3 is 15.4 Å². The van der Waals surface area contributed by atoms with Gasteiger partial charge in [0.2, 0.25) is 0 Å². The average Bonchev–Trinajstić information content (AvgIpc) is 3.50. The molecule has 30 heavy (non-hydrogen) atoms. The Morgan fingerprint density at radius 3 is 2.73 bits per heavy atom. The highest BCUT2D eigenvalue weighted by Gasteiger charge is 2.40.